The van der Waals surface area contributed by atoms with Crippen LogP contribution in [0.4, 0.5) is 0 Å². The number of rotatable bonds is 19. The highest BCUT2D eigenvalue weighted by molar-refractivity contribution is 8.93. The molecule has 0 fully saturated rings. The number of halogens is 1. The van der Waals surface area contributed by atoms with Crippen molar-refractivity contribution in [1.29, 1.82) is 0 Å². The van der Waals surface area contributed by atoms with Crippen LogP contribution in [0.15, 0.2) is 12.2 Å². The fourth-order valence-corrected chi connectivity index (χ4v) is 3.23. The van der Waals surface area contributed by atoms with Gasteiger partial charge in [0.05, 0.1) is 6.61 Å². The molecule has 0 aromatic carbocycles. The molecular weight excluding hydrogens is 438 g/mol. The fourth-order valence-electron chi connectivity index (χ4n) is 3.23. The van der Waals surface area contributed by atoms with E-state index in [4.69, 9.17) is 0 Å². The molecule has 3 nitrogen and oxygen atoms in total. The van der Waals surface area contributed by atoms with Gasteiger partial charge in [0.2, 0.25) is 0 Å². The molecule has 0 rings (SSSR count). The lowest BCUT2D eigenvalue weighted by molar-refractivity contribution is -0.138. The van der Waals surface area contributed by atoms with Crippen LogP contribution >= 0.6 is 17.0 Å². The number of nitrogens with zero attached hydrogens (tertiary/aromatic N) is 1. The zero-order chi connectivity index (χ0) is 22.2. The van der Waals surface area contributed by atoms with E-state index in [0.717, 1.165) is 0 Å². The van der Waals surface area contributed by atoms with Gasteiger partial charge in [-0.1, -0.05) is 110 Å². The Hall–Kier alpha value is -0.350. The number of hydrogen-bond acceptors (Lipinski definition) is 3. The minimum Gasteiger partial charge on any atom is -0.463 e. The fraction of sp³-hybridized carbons (Fsp3) is 0.885. The second-order valence-corrected chi connectivity index (χ2v) is 8.61. The van der Waals surface area contributed by atoms with Gasteiger partial charge < -0.3 is 9.64 Å². The molecule has 182 valence electrons. The summed E-state index contributed by atoms with van der Waals surface area (Å²) in [5.74, 6) is -0.312. The Morgan fingerprint density at radius 3 is 1.27 bits per heavy atom. The standard InChI is InChI=1S/C20H43N.C6H10O2.BrH/c1-4-5-6-7-8-9-10-11-12-13-14-15-16-17-18-19-20-21(2)3;1-4-8-6(7)5(2)3;/h4-20H2,1-3H3;2,4H2,1,3H3;1H. The van der Waals surface area contributed by atoms with Crippen molar-refractivity contribution in [2.45, 2.75) is 124 Å². The molecule has 30 heavy (non-hydrogen) atoms. The predicted octanol–water partition coefficient (Wildman–Crippen LogP) is 8.51. The van der Waals surface area contributed by atoms with Crippen molar-refractivity contribution in [3.8, 4) is 0 Å². The molecule has 0 heterocycles. The van der Waals surface area contributed by atoms with E-state index < -0.39 is 0 Å². The first kappa shape index (κ1) is 34.3. The van der Waals surface area contributed by atoms with Gasteiger partial charge in [-0.3, -0.25) is 0 Å². The van der Waals surface area contributed by atoms with Crippen LogP contribution in [0.1, 0.15) is 124 Å². The maximum Gasteiger partial charge on any atom is 0.333 e. The van der Waals surface area contributed by atoms with E-state index in [1.54, 1.807) is 13.8 Å². The van der Waals surface area contributed by atoms with Crippen LogP contribution in [-0.2, 0) is 9.53 Å². The normalized spacial score (nSPS) is 10.2. The van der Waals surface area contributed by atoms with Crippen LogP contribution in [0.25, 0.3) is 0 Å². The smallest absolute Gasteiger partial charge is 0.333 e. The van der Waals surface area contributed by atoms with Crippen molar-refractivity contribution in [2.75, 3.05) is 27.2 Å². The van der Waals surface area contributed by atoms with Crippen LogP contribution in [0.2, 0.25) is 0 Å². The Morgan fingerprint density at radius 2 is 1.03 bits per heavy atom. The van der Waals surface area contributed by atoms with E-state index in [2.05, 4.69) is 37.2 Å². The van der Waals surface area contributed by atoms with Gasteiger partial charge in [0.15, 0.2) is 0 Å². The van der Waals surface area contributed by atoms with Crippen LogP contribution in [-0.4, -0.2) is 38.1 Å². The lowest BCUT2D eigenvalue weighted by Crippen LogP contribution is -2.12. The Kier molecular flexibility index (Phi) is 32.7. The van der Waals surface area contributed by atoms with Crippen molar-refractivity contribution < 1.29 is 9.53 Å². The summed E-state index contributed by atoms with van der Waals surface area (Å²) in [6.07, 6.45) is 23.3. The quantitative estimate of drug-likeness (QED) is 0.103. The average Bonchev–Trinajstić information content (AvgIpc) is 2.68. The first-order chi connectivity index (χ1) is 14.0. The summed E-state index contributed by atoms with van der Waals surface area (Å²) in [6.45, 7) is 10.8. The molecule has 0 radical (unpaired) electrons. The number of carbonyl (C=O) groups excluding carboxylic acids is 1. The summed E-state index contributed by atoms with van der Waals surface area (Å²) in [4.78, 5) is 12.7. The van der Waals surface area contributed by atoms with E-state index in [0.29, 0.717) is 12.2 Å². The molecule has 0 N–H and O–H groups in total. The zero-order valence-corrected chi connectivity index (χ0v) is 22.8. The molecular formula is C26H54BrNO2. The SMILES string of the molecule is Br.C=C(C)C(=O)OCC.CCCCCCCCCCCCCCCCCCN(C)C. The molecule has 0 spiro atoms. The third-order valence-corrected chi connectivity index (χ3v) is 5.08. The molecule has 0 atom stereocenters. The minimum atomic E-state index is -0.312. The van der Waals surface area contributed by atoms with Gasteiger partial charge in [0.1, 0.15) is 0 Å². The highest BCUT2D eigenvalue weighted by atomic mass is 79.9. The largest absolute Gasteiger partial charge is 0.463 e. The molecule has 0 aliphatic carbocycles. The average molecular weight is 493 g/mol. The van der Waals surface area contributed by atoms with E-state index in [-0.39, 0.29) is 23.0 Å². The van der Waals surface area contributed by atoms with Crippen molar-refractivity contribution in [3.63, 3.8) is 0 Å². The number of esters is 1. The lowest BCUT2D eigenvalue weighted by Gasteiger charge is -2.08. The summed E-state index contributed by atoms with van der Waals surface area (Å²) in [5.41, 5.74) is 0.451. The van der Waals surface area contributed by atoms with Crippen LogP contribution in [0.5, 0.6) is 0 Å². The van der Waals surface area contributed by atoms with Gasteiger partial charge in [-0.05, 0) is 40.9 Å². The van der Waals surface area contributed by atoms with Gasteiger partial charge in [-0.2, -0.15) is 0 Å². The summed E-state index contributed by atoms with van der Waals surface area (Å²) in [6, 6.07) is 0. The number of hydrogen-bond donors (Lipinski definition) is 0. The maximum absolute atomic E-state index is 10.4. The van der Waals surface area contributed by atoms with Crippen molar-refractivity contribution in [2.24, 2.45) is 0 Å². The Labute approximate surface area is 200 Å². The molecule has 0 unspecified atom stereocenters. The molecule has 0 amide bonds. The Morgan fingerprint density at radius 1 is 0.700 bits per heavy atom. The van der Waals surface area contributed by atoms with Gasteiger partial charge in [-0.15, -0.1) is 17.0 Å². The van der Waals surface area contributed by atoms with Gasteiger partial charge in [0.25, 0.3) is 0 Å². The Bertz CT molecular complexity index is 359. The molecule has 0 aromatic heterocycles. The summed E-state index contributed by atoms with van der Waals surface area (Å²) in [7, 11) is 4.34. The van der Waals surface area contributed by atoms with Gasteiger partial charge >= 0.3 is 5.97 Å². The highest BCUT2D eigenvalue weighted by Gasteiger charge is 1.98. The van der Waals surface area contributed by atoms with E-state index in [1.807, 2.05) is 0 Å². The predicted molar refractivity (Wildman–Crippen MR) is 140 cm³/mol. The van der Waals surface area contributed by atoms with Crippen LogP contribution in [0.3, 0.4) is 0 Å². The molecule has 0 saturated carbocycles. The summed E-state index contributed by atoms with van der Waals surface area (Å²) in [5, 5.41) is 0. The highest BCUT2D eigenvalue weighted by Crippen LogP contribution is 2.13. The monoisotopic (exact) mass is 491 g/mol. The second-order valence-electron chi connectivity index (χ2n) is 8.61. The van der Waals surface area contributed by atoms with Gasteiger partial charge in [-0.25, -0.2) is 4.79 Å². The molecule has 0 aromatic rings. The van der Waals surface area contributed by atoms with Gasteiger partial charge in [0, 0.05) is 5.57 Å². The molecule has 4 heteroatoms. The molecule has 0 aliphatic rings. The third-order valence-electron chi connectivity index (χ3n) is 5.08. The number of ether oxygens (including phenoxy) is 1. The number of unbranched alkanes of at least 4 members (excludes halogenated alkanes) is 15. The number of carbonyl (C=O) groups is 1. The van der Waals surface area contributed by atoms with Crippen molar-refractivity contribution >= 4 is 23.0 Å². The first-order valence-electron chi connectivity index (χ1n) is 12.4. The Balaban J connectivity index is -0.000000686. The third kappa shape index (κ3) is 32.3. The van der Waals surface area contributed by atoms with E-state index in [9.17, 15) is 4.79 Å². The summed E-state index contributed by atoms with van der Waals surface area (Å²) < 4.78 is 4.56. The zero-order valence-electron chi connectivity index (χ0n) is 21.1. The molecule has 0 aliphatic heterocycles. The summed E-state index contributed by atoms with van der Waals surface area (Å²) >= 11 is 0. The minimum absolute atomic E-state index is 0. The van der Waals surface area contributed by atoms with E-state index in [1.165, 1.54) is 109 Å². The van der Waals surface area contributed by atoms with Crippen molar-refractivity contribution in [3.05, 3.63) is 12.2 Å². The second kappa shape index (κ2) is 28.6. The van der Waals surface area contributed by atoms with Crippen molar-refractivity contribution in [1.82, 2.24) is 4.90 Å². The maximum atomic E-state index is 10.4. The molecule has 0 bridgehead atoms. The van der Waals surface area contributed by atoms with Crippen LogP contribution in [0, 0.1) is 0 Å². The lowest BCUT2D eigenvalue weighted by atomic mass is 10.0. The van der Waals surface area contributed by atoms with Crippen LogP contribution < -0.4 is 0 Å². The van der Waals surface area contributed by atoms with E-state index >= 15 is 0 Å². The molecule has 0 saturated heterocycles. The first-order valence-corrected chi connectivity index (χ1v) is 12.4. The topological polar surface area (TPSA) is 29.5 Å².